The molecular weight excluding hydrogens is 426 g/mol. The van der Waals surface area contributed by atoms with E-state index in [1.165, 1.54) is 29.4 Å². The lowest BCUT2D eigenvalue weighted by Gasteiger charge is -2.30. The molecule has 33 heavy (non-hydrogen) atoms. The zero-order valence-electron chi connectivity index (χ0n) is 17.5. The van der Waals surface area contributed by atoms with Gasteiger partial charge in [0.05, 0.1) is 28.5 Å². The van der Waals surface area contributed by atoms with Gasteiger partial charge in [0, 0.05) is 24.0 Å². The first-order chi connectivity index (χ1) is 15.9. The number of aryl methyl sites for hydroxylation is 1. The molecule has 5 rings (SSSR count). The van der Waals surface area contributed by atoms with Gasteiger partial charge in [-0.05, 0) is 36.8 Å². The van der Waals surface area contributed by atoms with Crippen molar-refractivity contribution in [2.24, 2.45) is 16.9 Å². The van der Waals surface area contributed by atoms with Crippen LogP contribution in [0, 0.1) is 28.9 Å². The number of carbonyl (C=O) groups excluding carboxylic acids is 3. The smallest absolute Gasteiger partial charge is 0.269 e. The number of allylic oxidation sites excluding steroid dienone is 1. The summed E-state index contributed by atoms with van der Waals surface area (Å²) in [6.45, 7) is 1.60. The molecule has 0 spiro atoms. The number of benzene rings is 2. The molecule has 10 nitrogen and oxygen atoms in total. The molecule has 0 unspecified atom stereocenters. The molecule has 10 heteroatoms. The Morgan fingerprint density at radius 1 is 1.09 bits per heavy atom. The number of carbonyl (C=O) groups is 3. The summed E-state index contributed by atoms with van der Waals surface area (Å²) in [5, 5.41) is 19.7. The normalized spacial score (nSPS) is 25.2. The monoisotopic (exact) mass is 445 g/mol. The van der Waals surface area contributed by atoms with E-state index in [2.05, 4.69) is 10.4 Å². The lowest BCUT2D eigenvalue weighted by atomic mass is 9.88. The number of anilines is 2. The highest BCUT2D eigenvalue weighted by molar-refractivity contribution is 6.24. The van der Waals surface area contributed by atoms with Crippen molar-refractivity contribution in [2.45, 2.75) is 19.0 Å². The first kappa shape index (κ1) is 20.6. The number of nitro groups is 1. The number of nitrogens with zero attached hydrogens (tertiary/aromatic N) is 4. The number of non-ortho nitro benzene ring substituents is 1. The predicted molar refractivity (Wildman–Crippen MR) is 119 cm³/mol. The highest BCUT2D eigenvalue weighted by atomic mass is 16.6. The number of rotatable bonds is 4. The number of nitrogens with one attached hydrogen (secondary N) is 1. The van der Waals surface area contributed by atoms with Gasteiger partial charge < -0.3 is 5.32 Å². The largest absolute Gasteiger partial charge is 0.324 e. The lowest BCUT2D eigenvalue weighted by molar-refractivity contribution is -0.384. The van der Waals surface area contributed by atoms with Crippen molar-refractivity contribution in [1.29, 1.82) is 0 Å². The van der Waals surface area contributed by atoms with Crippen LogP contribution in [0.15, 0.2) is 65.8 Å². The van der Waals surface area contributed by atoms with Crippen LogP contribution in [0.2, 0.25) is 0 Å². The second-order valence-electron chi connectivity index (χ2n) is 8.11. The van der Waals surface area contributed by atoms with E-state index < -0.39 is 46.6 Å². The Morgan fingerprint density at radius 2 is 1.82 bits per heavy atom. The molecule has 0 bridgehead atoms. The third-order valence-corrected chi connectivity index (χ3v) is 6.23. The van der Waals surface area contributed by atoms with Crippen LogP contribution in [0.25, 0.3) is 0 Å². The molecule has 2 fully saturated rings. The molecule has 1 N–H and O–H groups in total. The molecule has 0 aromatic heterocycles. The molecule has 3 heterocycles. The van der Waals surface area contributed by atoms with Crippen LogP contribution in [-0.2, 0) is 14.4 Å². The quantitative estimate of drug-likeness (QED) is 0.437. The van der Waals surface area contributed by atoms with E-state index >= 15 is 0 Å². The molecule has 0 radical (unpaired) electrons. The van der Waals surface area contributed by atoms with Gasteiger partial charge in [0.25, 0.3) is 5.69 Å². The minimum absolute atomic E-state index is 0.133. The standard InChI is InChI=1S/C23H19N5O5/c1-13-12-15(28(32)33)9-10-16(13)26-22(30)18-17-8-5-11-24-27(17)20(19(18)23(26)31)21(29)25-14-6-3-2-4-7-14/h2-12,17-20H,1H3,(H,25,29)/t17-,18+,19+,20-/m0/s1. The zero-order valence-corrected chi connectivity index (χ0v) is 17.5. The number of fused-ring (bicyclic) bond motifs is 3. The fourth-order valence-corrected chi connectivity index (χ4v) is 4.82. The Bertz CT molecular complexity index is 1240. The third-order valence-electron chi connectivity index (χ3n) is 6.23. The minimum atomic E-state index is -0.985. The second kappa shape index (κ2) is 7.66. The van der Waals surface area contributed by atoms with Crippen molar-refractivity contribution in [3.8, 4) is 0 Å². The third kappa shape index (κ3) is 3.18. The van der Waals surface area contributed by atoms with Gasteiger partial charge in [-0.25, -0.2) is 4.90 Å². The minimum Gasteiger partial charge on any atom is -0.324 e. The number of hydrogen-bond donors (Lipinski definition) is 1. The Balaban J connectivity index is 1.52. The maximum atomic E-state index is 13.6. The fourth-order valence-electron chi connectivity index (χ4n) is 4.82. The number of hydrogen-bond acceptors (Lipinski definition) is 7. The van der Waals surface area contributed by atoms with Crippen LogP contribution in [0.5, 0.6) is 0 Å². The van der Waals surface area contributed by atoms with Gasteiger partial charge >= 0.3 is 0 Å². The van der Waals surface area contributed by atoms with Gasteiger partial charge in [-0.1, -0.05) is 24.3 Å². The average Bonchev–Trinajstić information content (AvgIpc) is 3.27. The van der Waals surface area contributed by atoms with Gasteiger partial charge in [-0.3, -0.25) is 29.5 Å². The molecule has 0 aliphatic carbocycles. The Labute approximate surface area is 188 Å². The summed E-state index contributed by atoms with van der Waals surface area (Å²) in [7, 11) is 0. The van der Waals surface area contributed by atoms with Crippen LogP contribution < -0.4 is 10.2 Å². The first-order valence-corrected chi connectivity index (χ1v) is 10.4. The number of imide groups is 1. The van der Waals surface area contributed by atoms with Crippen molar-refractivity contribution in [2.75, 3.05) is 10.2 Å². The summed E-state index contributed by atoms with van der Waals surface area (Å²) in [4.78, 5) is 51.9. The van der Waals surface area contributed by atoms with Gasteiger partial charge in [0.15, 0.2) is 0 Å². The maximum Gasteiger partial charge on any atom is 0.269 e. The van der Waals surface area contributed by atoms with E-state index in [-0.39, 0.29) is 11.4 Å². The van der Waals surface area contributed by atoms with E-state index in [0.717, 1.165) is 4.90 Å². The van der Waals surface area contributed by atoms with E-state index in [1.807, 2.05) is 6.07 Å². The van der Waals surface area contributed by atoms with Crippen LogP contribution in [0.4, 0.5) is 17.1 Å². The number of amides is 3. The molecule has 2 aromatic rings. The average molecular weight is 445 g/mol. The zero-order chi connectivity index (χ0) is 23.3. The van der Waals surface area contributed by atoms with Crippen LogP contribution in [0.3, 0.4) is 0 Å². The first-order valence-electron chi connectivity index (χ1n) is 10.4. The molecule has 3 amide bonds. The molecule has 3 aliphatic rings. The summed E-state index contributed by atoms with van der Waals surface area (Å²) in [5.74, 6) is -3.15. The van der Waals surface area contributed by atoms with Crippen LogP contribution in [-0.4, -0.2) is 46.0 Å². The van der Waals surface area contributed by atoms with E-state index in [0.29, 0.717) is 11.3 Å². The predicted octanol–water partition coefficient (Wildman–Crippen LogP) is 2.26. The van der Waals surface area contributed by atoms with E-state index in [4.69, 9.17) is 0 Å². The summed E-state index contributed by atoms with van der Waals surface area (Å²) in [6.07, 6.45) is 4.97. The Hall–Kier alpha value is -4.34. The Morgan fingerprint density at radius 3 is 2.52 bits per heavy atom. The highest BCUT2D eigenvalue weighted by Crippen LogP contribution is 2.46. The van der Waals surface area contributed by atoms with Crippen molar-refractivity contribution >= 4 is 41.0 Å². The number of hydrazone groups is 1. The van der Waals surface area contributed by atoms with Crippen molar-refractivity contribution in [3.05, 3.63) is 76.4 Å². The molecule has 4 atom stereocenters. The summed E-state index contributed by atoms with van der Waals surface area (Å²) in [6, 6.07) is 11.3. The topological polar surface area (TPSA) is 125 Å². The lowest BCUT2D eigenvalue weighted by Crippen LogP contribution is -2.47. The SMILES string of the molecule is Cc1cc([N+](=O)[O-])ccc1N1C(=O)[C@@H]2[C@H](C1=O)[C@@H]1C=CC=NN1[C@@H]2C(=O)Nc1ccccc1. The van der Waals surface area contributed by atoms with Crippen molar-refractivity contribution < 1.29 is 19.3 Å². The highest BCUT2D eigenvalue weighted by Gasteiger charge is 2.64. The molecule has 2 aromatic carbocycles. The van der Waals surface area contributed by atoms with Gasteiger partial charge in [-0.15, -0.1) is 0 Å². The number of para-hydroxylation sites is 1. The summed E-state index contributed by atoms with van der Waals surface area (Å²) in [5.41, 5.74) is 1.14. The summed E-state index contributed by atoms with van der Waals surface area (Å²) >= 11 is 0. The Kier molecular flexibility index (Phi) is 4.77. The summed E-state index contributed by atoms with van der Waals surface area (Å²) < 4.78 is 0. The van der Waals surface area contributed by atoms with Gasteiger partial charge in [-0.2, -0.15) is 5.10 Å². The fraction of sp³-hybridized carbons (Fsp3) is 0.217. The van der Waals surface area contributed by atoms with Gasteiger partial charge in [0.2, 0.25) is 17.7 Å². The number of nitro benzene ring substituents is 1. The molecular formula is C23H19N5O5. The van der Waals surface area contributed by atoms with E-state index in [9.17, 15) is 24.5 Å². The second-order valence-corrected chi connectivity index (χ2v) is 8.11. The van der Waals surface area contributed by atoms with Gasteiger partial charge in [0.1, 0.15) is 6.04 Å². The van der Waals surface area contributed by atoms with Crippen molar-refractivity contribution in [1.82, 2.24) is 5.01 Å². The maximum absolute atomic E-state index is 13.6. The van der Waals surface area contributed by atoms with Crippen LogP contribution in [0.1, 0.15) is 5.56 Å². The molecule has 3 aliphatic heterocycles. The molecule has 166 valence electrons. The van der Waals surface area contributed by atoms with E-state index in [1.54, 1.807) is 43.3 Å². The van der Waals surface area contributed by atoms with Crippen molar-refractivity contribution in [3.63, 3.8) is 0 Å². The molecule has 2 saturated heterocycles. The molecule has 0 saturated carbocycles. The van der Waals surface area contributed by atoms with Crippen LogP contribution >= 0.6 is 0 Å².